The lowest BCUT2D eigenvalue weighted by molar-refractivity contribution is -0.141. The van der Waals surface area contributed by atoms with E-state index in [-0.39, 0.29) is 17.9 Å². The summed E-state index contributed by atoms with van der Waals surface area (Å²) in [5.41, 5.74) is 0.499. The number of carboxylic acid groups (broad SMARTS) is 1. The average Bonchev–Trinajstić information content (AvgIpc) is 2.35. The summed E-state index contributed by atoms with van der Waals surface area (Å²) >= 11 is 2.15. The number of benzene rings is 1. The molecule has 20 heavy (non-hydrogen) atoms. The Morgan fingerprint density at radius 3 is 2.55 bits per heavy atom. The van der Waals surface area contributed by atoms with Gasteiger partial charge in [-0.2, -0.15) is 0 Å². The summed E-state index contributed by atoms with van der Waals surface area (Å²) in [4.78, 5) is 22.7. The highest BCUT2D eigenvalue weighted by molar-refractivity contribution is 14.1. The zero-order valence-electron chi connectivity index (χ0n) is 11.0. The average molecular weight is 388 g/mol. The van der Waals surface area contributed by atoms with Crippen molar-refractivity contribution in [2.75, 3.05) is 11.9 Å². The zero-order chi connectivity index (χ0) is 14.6. The standard InChI is InChI=1S/C14H17IN2O3/c15-10-4-1-2-5-11(10)17-13(20)16-9-14(6-3-7-14)8-12(18)19/h1-2,4-5H,3,6-9H2,(H,18,19)(H2,16,17,20). The third kappa shape index (κ3) is 3.84. The molecule has 0 bridgehead atoms. The van der Waals surface area contributed by atoms with Crippen LogP contribution in [0, 0.1) is 8.99 Å². The van der Waals surface area contributed by atoms with Crippen molar-refractivity contribution in [2.24, 2.45) is 5.41 Å². The van der Waals surface area contributed by atoms with Crippen LogP contribution >= 0.6 is 22.6 Å². The van der Waals surface area contributed by atoms with E-state index in [1.807, 2.05) is 24.3 Å². The van der Waals surface area contributed by atoms with Crippen molar-refractivity contribution in [3.8, 4) is 0 Å². The van der Waals surface area contributed by atoms with Gasteiger partial charge in [0.15, 0.2) is 0 Å². The molecular formula is C14H17IN2O3. The Morgan fingerprint density at radius 2 is 2.00 bits per heavy atom. The molecule has 6 heteroatoms. The molecule has 1 fully saturated rings. The van der Waals surface area contributed by atoms with Crippen LogP contribution in [0.3, 0.4) is 0 Å². The molecule has 5 nitrogen and oxygen atoms in total. The molecule has 0 aromatic heterocycles. The summed E-state index contributed by atoms with van der Waals surface area (Å²) in [6, 6.07) is 7.22. The number of para-hydroxylation sites is 1. The van der Waals surface area contributed by atoms with Gasteiger partial charge in [-0.15, -0.1) is 0 Å². The Bertz CT molecular complexity index is 515. The molecule has 2 rings (SSSR count). The van der Waals surface area contributed by atoms with Gasteiger partial charge in [-0.05, 0) is 53.0 Å². The highest BCUT2D eigenvalue weighted by Gasteiger charge is 2.39. The van der Waals surface area contributed by atoms with Crippen LogP contribution in [-0.4, -0.2) is 23.7 Å². The maximum atomic E-state index is 11.9. The maximum Gasteiger partial charge on any atom is 0.319 e. The van der Waals surface area contributed by atoms with Crippen LogP contribution in [0.1, 0.15) is 25.7 Å². The molecule has 0 radical (unpaired) electrons. The van der Waals surface area contributed by atoms with E-state index < -0.39 is 5.97 Å². The van der Waals surface area contributed by atoms with Crippen molar-refractivity contribution in [2.45, 2.75) is 25.7 Å². The second-order valence-corrected chi connectivity index (χ2v) is 6.37. The highest BCUT2D eigenvalue weighted by atomic mass is 127. The molecule has 0 unspecified atom stereocenters. The second-order valence-electron chi connectivity index (χ2n) is 5.21. The van der Waals surface area contributed by atoms with Gasteiger partial charge < -0.3 is 15.7 Å². The number of hydrogen-bond donors (Lipinski definition) is 3. The first kappa shape index (κ1) is 15.1. The molecule has 1 aliphatic rings. The minimum atomic E-state index is -0.801. The summed E-state index contributed by atoms with van der Waals surface area (Å²) in [7, 11) is 0. The quantitative estimate of drug-likeness (QED) is 0.679. The number of carboxylic acids is 1. The zero-order valence-corrected chi connectivity index (χ0v) is 13.1. The number of hydrogen-bond acceptors (Lipinski definition) is 2. The van der Waals surface area contributed by atoms with E-state index in [1.54, 1.807) is 0 Å². The van der Waals surface area contributed by atoms with Crippen LogP contribution in [0.25, 0.3) is 0 Å². The predicted octanol–water partition coefficient (Wildman–Crippen LogP) is 3.06. The second kappa shape index (κ2) is 6.43. The summed E-state index contributed by atoms with van der Waals surface area (Å²) in [5.74, 6) is -0.801. The van der Waals surface area contributed by atoms with Crippen LogP contribution < -0.4 is 10.6 Å². The first-order chi connectivity index (χ1) is 9.51. The van der Waals surface area contributed by atoms with Gasteiger partial charge in [0.05, 0.1) is 12.1 Å². The van der Waals surface area contributed by atoms with Crippen molar-refractivity contribution >= 4 is 40.3 Å². The van der Waals surface area contributed by atoms with E-state index in [0.717, 1.165) is 28.5 Å². The largest absolute Gasteiger partial charge is 0.481 e. The van der Waals surface area contributed by atoms with Crippen molar-refractivity contribution in [1.82, 2.24) is 5.32 Å². The first-order valence-electron chi connectivity index (χ1n) is 6.52. The smallest absolute Gasteiger partial charge is 0.319 e. The Kier molecular flexibility index (Phi) is 4.85. The Balaban J connectivity index is 1.86. The molecule has 1 aromatic rings. The van der Waals surface area contributed by atoms with Crippen molar-refractivity contribution in [3.63, 3.8) is 0 Å². The van der Waals surface area contributed by atoms with Gasteiger partial charge in [0, 0.05) is 10.1 Å². The summed E-state index contributed by atoms with van der Waals surface area (Å²) in [5, 5.41) is 14.5. The van der Waals surface area contributed by atoms with Crippen LogP contribution in [0.5, 0.6) is 0 Å². The summed E-state index contributed by atoms with van der Waals surface area (Å²) in [6.07, 6.45) is 2.88. The molecule has 108 valence electrons. The fraction of sp³-hybridized carbons (Fsp3) is 0.429. The monoisotopic (exact) mass is 388 g/mol. The molecular weight excluding hydrogens is 371 g/mol. The van der Waals surface area contributed by atoms with Crippen LogP contribution in [-0.2, 0) is 4.79 Å². The van der Waals surface area contributed by atoms with E-state index in [4.69, 9.17) is 5.11 Å². The SMILES string of the molecule is O=C(O)CC1(CNC(=O)Nc2ccccc2I)CCC1. The van der Waals surface area contributed by atoms with Gasteiger partial charge in [0.25, 0.3) is 0 Å². The van der Waals surface area contributed by atoms with Crippen molar-refractivity contribution < 1.29 is 14.7 Å². The fourth-order valence-electron chi connectivity index (χ4n) is 2.41. The molecule has 2 amide bonds. The Labute approximate surface area is 131 Å². The van der Waals surface area contributed by atoms with Gasteiger partial charge in [0.2, 0.25) is 0 Å². The molecule has 0 atom stereocenters. The number of rotatable bonds is 5. The molecule has 1 aromatic carbocycles. The number of carbonyl (C=O) groups excluding carboxylic acids is 1. The molecule has 1 saturated carbocycles. The number of amides is 2. The number of nitrogens with one attached hydrogen (secondary N) is 2. The van der Waals surface area contributed by atoms with Crippen molar-refractivity contribution in [1.29, 1.82) is 0 Å². The van der Waals surface area contributed by atoms with Gasteiger partial charge >= 0.3 is 12.0 Å². The predicted molar refractivity (Wildman–Crippen MR) is 84.7 cm³/mol. The topological polar surface area (TPSA) is 78.4 Å². The molecule has 0 saturated heterocycles. The molecule has 0 spiro atoms. The normalized spacial score (nSPS) is 16.1. The Morgan fingerprint density at radius 1 is 1.30 bits per heavy atom. The van der Waals surface area contributed by atoms with E-state index in [1.165, 1.54) is 0 Å². The van der Waals surface area contributed by atoms with E-state index >= 15 is 0 Å². The number of urea groups is 1. The van der Waals surface area contributed by atoms with E-state index in [0.29, 0.717) is 6.54 Å². The van der Waals surface area contributed by atoms with Crippen molar-refractivity contribution in [3.05, 3.63) is 27.8 Å². The lowest BCUT2D eigenvalue weighted by Crippen LogP contribution is -2.44. The number of anilines is 1. The third-order valence-electron chi connectivity index (χ3n) is 3.69. The van der Waals surface area contributed by atoms with Crippen LogP contribution in [0.2, 0.25) is 0 Å². The fourth-order valence-corrected chi connectivity index (χ4v) is 2.93. The highest BCUT2D eigenvalue weighted by Crippen LogP contribution is 2.43. The lowest BCUT2D eigenvalue weighted by atomic mass is 9.66. The minimum absolute atomic E-state index is 0.121. The van der Waals surface area contributed by atoms with Gasteiger partial charge in [-0.3, -0.25) is 4.79 Å². The summed E-state index contributed by atoms with van der Waals surface area (Å²) in [6.45, 7) is 0.411. The molecule has 3 N–H and O–H groups in total. The molecule has 0 aliphatic heterocycles. The maximum absolute atomic E-state index is 11.9. The van der Waals surface area contributed by atoms with E-state index in [2.05, 4.69) is 33.2 Å². The van der Waals surface area contributed by atoms with E-state index in [9.17, 15) is 9.59 Å². The first-order valence-corrected chi connectivity index (χ1v) is 7.60. The number of carbonyl (C=O) groups is 2. The molecule has 0 heterocycles. The van der Waals surface area contributed by atoms with Gasteiger partial charge in [0.1, 0.15) is 0 Å². The Hall–Kier alpha value is -1.31. The van der Waals surface area contributed by atoms with Gasteiger partial charge in [-0.1, -0.05) is 18.6 Å². The number of aliphatic carboxylic acids is 1. The summed E-state index contributed by atoms with van der Waals surface area (Å²) < 4.78 is 0.962. The third-order valence-corrected chi connectivity index (χ3v) is 4.63. The molecule has 1 aliphatic carbocycles. The lowest BCUT2D eigenvalue weighted by Gasteiger charge is -2.40. The van der Waals surface area contributed by atoms with Gasteiger partial charge in [-0.25, -0.2) is 4.79 Å². The number of halogens is 1. The van der Waals surface area contributed by atoms with Crippen LogP contribution in [0.4, 0.5) is 10.5 Å². The van der Waals surface area contributed by atoms with Crippen LogP contribution in [0.15, 0.2) is 24.3 Å². The minimum Gasteiger partial charge on any atom is -0.481 e.